The fraction of sp³-hybridized carbons (Fsp3) is 0.167. The molecular weight excluding hydrogens is 116 g/mol. The summed E-state index contributed by atoms with van der Waals surface area (Å²) in [4.78, 5) is 0. The van der Waals surface area contributed by atoms with E-state index in [9.17, 15) is 0 Å². The van der Waals surface area contributed by atoms with Crippen molar-refractivity contribution in [1.82, 2.24) is 9.78 Å². The summed E-state index contributed by atoms with van der Waals surface area (Å²) in [5.74, 6) is 2.12. The highest BCUT2D eigenvalue weighted by atomic mass is 16.3. The van der Waals surface area contributed by atoms with Crippen LogP contribution in [0.3, 0.4) is 0 Å². The minimum Gasteiger partial charge on any atom is -0.362 e. The first-order valence-electron chi connectivity index (χ1n) is 2.48. The van der Waals surface area contributed by atoms with Crippen LogP contribution < -0.4 is 0 Å². The lowest BCUT2D eigenvalue weighted by atomic mass is 10.6. The van der Waals surface area contributed by atoms with Gasteiger partial charge in [-0.2, -0.15) is 5.10 Å². The SMILES string of the molecule is C#CC(O)n1cccn1. The number of aromatic nitrogens is 2. The summed E-state index contributed by atoms with van der Waals surface area (Å²) in [5, 5.41) is 12.6. The molecule has 46 valence electrons. The van der Waals surface area contributed by atoms with Gasteiger partial charge in [0.05, 0.1) is 0 Å². The van der Waals surface area contributed by atoms with E-state index in [2.05, 4.69) is 11.0 Å². The molecule has 1 atom stereocenters. The van der Waals surface area contributed by atoms with Gasteiger partial charge in [-0.3, -0.25) is 0 Å². The molecule has 3 heteroatoms. The van der Waals surface area contributed by atoms with E-state index in [-0.39, 0.29) is 0 Å². The third kappa shape index (κ3) is 1.09. The van der Waals surface area contributed by atoms with Crippen molar-refractivity contribution in [2.45, 2.75) is 6.23 Å². The average Bonchev–Trinajstić information content (AvgIpc) is 2.37. The van der Waals surface area contributed by atoms with E-state index in [1.54, 1.807) is 18.5 Å². The zero-order valence-electron chi connectivity index (χ0n) is 4.73. The molecule has 0 aliphatic heterocycles. The molecule has 1 aromatic heterocycles. The molecule has 0 saturated carbocycles. The van der Waals surface area contributed by atoms with Crippen LogP contribution in [0.15, 0.2) is 18.5 Å². The van der Waals surface area contributed by atoms with Crippen LogP contribution in [0.1, 0.15) is 6.23 Å². The maximum atomic E-state index is 8.88. The molecule has 0 amide bonds. The molecule has 0 radical (unpaired) electrons. The normalized spacial score (nSPS) is 12.4. The highest BCUT2D eigenvalue weighted by Crippen LogP contribution is 1.95. The molecule has 3 nitrogen and oxygen atoms in total. The van der Waals surface area contributed by atoms with Crippen LogP contribution in [0.4, 0.5) is 0 Å². The van der Waals surface area contributed by atoms with E-state index in [1.165, 1.54) is 4.68 Å². The van der Waals surface area contributed by atoms with Crippen molar-refractivity contribution in [3.63, 3.8) is 0 Å². The van der Waals surface area contributed by atoms with Crippen molar-refractivity contribution in [3.8, 4) is 12.3 Å². The van der Waals surface area contributed by atoms with E-state index in [0.717, 1.165) is 0 Å². The van der Waals surface area contributed by atoms with Crippen LogP contribution in [0.25, 0.3) is 0 Å². The number of hydrogen-bond donors (Lipinski definition) is 1. The average molecular weight is 122 g/mol. The summed E-state index contributed by atoms with van der Waals surface area (Å²) < 4.78 is 1.29. The number of terminal acetylenes is 1. The summed E-state index contributed by atoms with van der Waals surface area (Å²) in [7, 11) is 0. The van der Waals surface area contributed by atoms with Crippen molar-refractivity contribution >= 4 is 0 Å². The largest absolute Gasteiger partial charge is 0.362 e. The Labute approximate surface area is 52.9 Å². The minimum atomic E-state index is -0.931. The third-order valence-electron chi connectivity index (χ3n) is 0.925. The van der Waals surface area contributed by atoms with Crippen molar-refractivity contribution < 1.29 is 5.11 Å². The zero-order valence-corrected chi connectivity index (χ0v) is 4.73. The van der Waals surface area contributed by atoms with E-state index >= 15 is 0 Å². The van der Waals surface area contributed by atoms with Gasteiger partial charge in [-0.15, -0.1) is 6.42 Å². The third-order valence-corrected chi connectivity index (χ3v) is 0.925. The summed E-state index contributed by atoms with van der Waals surface area (Å²) in [6.45, 7) is 0. The van der Waals surface area contributed by atoms with Gasteiger partial charge in [0.2, 0.25) is 6.23 Å². The molecule has 1 heterocycles. The summed E-state index contributed by atoms with van der Waals surface area (Å²) in [6, 6.07) is 1.70. The Bertz CT molecular complexity index is 209. The van der Waals surface area contributed by atoms with Crippen LogP contribution in [0.2, 0.25) is 0 Å². The Kier molecular flexibility index (Phi) is 1.52. The molecule has 1 rings (SSSR count). The van der Waals surface area contributed by atoms with Gasteiger partial charge < -0.3 is 5.11 Å². The number of aliphatic hydroxyl groups is 1. The lowest BCUT2D eigenvalue weighted by molar-refractivity contribution is 0.150. The maximum Gasteiger partial charge on any atom is 0.210 e. The molecule has 0 aliphatic carbocycles. The maximum absolute atomic E-state index is 8.88. The second-order valence-corrected chi connectivity index (χ2v) is 1.53. The van der Waals surface area contributed by atoms with Gasteiger partial charge in [-0.1, -0.05) is 5.92 Å². The van der Waals surface area contributed by atoms with Crippen LogP contribution in [0.5, 0.6) is 0 Å². The number of hydrogen-bond acceptors (Lipinski definition) is 2. The zero-order chi connectivity index (χ0) is 6.69. The number of aliphatic hydroxyl groups excluding tert-OH is 1. The van der Waals surface area contributed by atoms with E-state index in [1.807, 2.05) is 0 Å². The first-order chi connectivity index (χ1) is 4.34. The molecule has 1 N–H and O–H groups in total. The van der Waals surface area contributed by atoms with Gasteiger partial charge in [-0.25, -0.2) is 4.68 Å². The van der Waals surface area contributed by atoms with Gasteiger partial charge in [0.25, 0.3) is 0 Å². The van der Waals surface area contributed by atoms with Gasteiger partial charge in [-0.05, 0) is 6.07 Å². The standard InChI is InChI=1S/C6H6N2O/c1-2-6(9)8-5-3-4-7-8/h1,3-6,9H. The van der Waals surface area contributed by atoms with E-state index < -0.39 is 6.23 Å². The quantitative estimate of drug-likeness (QED) is 0.533. The first-order valence-corrected chi connectivity index (χ1v) is 2.48. The van der Waals surface area contributed by atoms with Crippen LogP contribution in [-0.4, -0.2) is 14.9 Å². The Morgan fingerprint density at radius 2 is 2.56 bits per heavy atom. The molecule has 0 spiro atoms. The molecule has 1 aromatic rings. The Balaban J connectivity index is 2.80. The highest BCUT2D eigenvalue weighted by molar-refractivity contribution is 4.92. The van der Waals surface area contributed by atoms with Crippen LogP contribution >= 0.6 is 0 Å². The predicted molar refractivity (Wildman–Crippen MR) is 32.3 cm³/mol. The van der Waals surface area contributed by atoms with Gasteiger partial charge in [0, 0.05) is 12.4 Å². The van der Waals surface area contributed by atoms with Crippen molar-refractivity contribution in [2.24, 2.45) is 0 Å². The highest BCUT2D eigenvalue weighted by Gasteiger charge is 1.97. The van der Waals surface area contributed by atoms with Crippen LogP contribution in [0, 0.1) is 12.3 Å². The van der Waals surface area contributed by atoms with E-state index in [0.29, 0.717) is 0 Å². The molecule has 9 heavy (non-hydrogen) atoms. The molecule has 0 aliphatic rings. The Hall–Kier alpha value is -1.27. The lowest BCUT2D eigenvalue weighted by Crippen LogP contribution is -2.04. The van der Waals surface area contributed by atoms with Crippen molar-refractivity contribution in [3.05, 3.63) is 18.5 Å². The fourth-order valence-corrected chi connectivity index (χ4v) is 0.502. The molecule has 0 saturated heterocycles. The van der Waals surface area contributed by atoms with Gasteiger partial charge in [0.15, 0.2) is 0 Å². The molecule has 0 bridgehead atoms. The monoisotopic (exact) mass is 122 g/mol. The summed E-state index contributed by atoms with van der Waals surface area (Å²) in [5.41, 5.74) is 0. The number of nitrogens with zero attached hydrogens (tertiary/aromatic N) is 2. The Morgan fingerprint density at radius 3 is 3.00 bits per heavy atom. The Morgan fingerprint density at radius 1 is 1.78 bits per heavy atom. The molecule has 0 aromatic carbocycles. The van der Waals surface area contributed by atoms with Gasteiger partial charge in [0.1, 0.15) is 0 Å². The summed E-state index contributed by atoms with van der Waals surface area (Å²) in [6.07, 6.45) is 7.13. The number of rotatable bonds is 1. The minimum absolute atomic E-state index is 0.931. The van der Waals surface area contributed by atoms with Gasteiger partial charge >= 0.3 is 0 Å². The predicted octanol–water partition coefficient (Wildman–Crippen LogP) is 0.00720. The molecule has 1 unspecified atom stereocenters. The second kappa shape index (κ2) is 2.33. The smallest absolute Gasteiger partial charge is 0.210 e. The molecular formula is C6H6N2O. The second-order valence-electron chi connectivity index (χ2n) is 1.53. The van der Waals surface area contributed by atoms with Crippen LogP contribution in [-0.2, 0) is 0 Å². The van der Waals surface area contributed by atoms with E-state index in [4.69, 9.17) is 11.5 Å². The van der Waals surface area contributed by atoms with Crippen molar-refractivity contribution in [2.75, 3.05) is 0 Å². The topological polar surface area (TPSA) is 38.0 Å². The lowest BCUT2D eigenvalue weighted by Gasteiger charge is -2.00. The fourth-order valence-electron chi connectivity index (χ4n) is 0.502. The molecule has 0 fully saturated rings. The summed E-state index contributed by atoms with van der Waals surface area (Å²) >= 11 is 0. The first kappa shape index (κ1) is 5.86. The van der Waals surface area contributed by atoms with Crippen molar-refractivity contribution in [1.29, 1.82) is 0 Å².